The zero-order chi connectivity index (χ0) is 20.6. The number of hydrogen-bond donors (Lipinski definition) is 2. The van der Waals surface area contributed by atoms with Crippen molar-refractivity contribution in [2.45, 2.75) is 33.1 Å². The average molecular weight is 402 g/mol. The van der Waals surface area contributed by atoms with Crippen molar-refractivity contribution in [3.8, 4) is 5.75 Å². The van der Waals surface area contributed by atoms with Gasteiger partial charge in [-0.2, -0.15) is 0 Å². The van der Waals surface area contributed by atoms with E-state index in [0.29, 0.717) is 5.75 Å². The molecule has 2 saturated heterocycles. The summed E-state index contributed by atoms with van der Waals surface area (Å²) in [5.74, 6) is 3.04. The minimum atomic E-state index is 0.362. The molecule has 2 unspecified atom stereocenters. The van der Waals surface area contributed by atoms with Crippen LogP contribution in [-0.4, -0.2) is 80.3 Å². The topological polar surface area (TPSA) is 54.3 Å². The van der Waals surface area contributed by atoms with Crippen LogP contribution in [-0.2, 0) is 0 Å². The molecular formula is C23H39N5O. The van der Waals surface area contributed by atoms with E-state index >= 15 is 0 Å². The van der Waals surface area contributed by atoms with Crippen molar-refractivity contribution in [1.29, 1.82) is 0 Å². The monoisotopic (exact) mass is 401 g/mol. The van der Waals surface area contributed by atoms with Crippen molar-refractivity contribution >= 4 is 11.6 Å². The van der Waals surface area contributed by atoms with Crippen molar-refractivity contribution in [2.75, 3.05) is 64.3 Å². The quantitative estimate of drug-likeness (QED) is 0.436. The molecule has 162 valence electrons. The number of unbranched alkanes of at least 4 members (excludes halogenated alkanes) is 1. The van der Waals surface area contributed by atoms with E-state index < -0.39 is 0 Å². The number of rotatable bonds is 6. The summed E-state index contributed by atoms with van der Waals surface area (Å²) in [4.78, 5) is 11.7. The average Bonchev–Trinajstić information content (AvgIpc) is 2.71. The van der Waals surface area contributed by atoms with E-state index in [0.717, 1.165) is 56.2 Å². The molecule has 0 bridgehead atoms. The lowest BCUT2D eigenvalue weighted by Gasteiger charge is -2.38. The van der Waals surface area contributed by atoms with Crippen LogP contribution in [0.4, 0.5) is 5.69 Å². The molecule has 0 radical (unpaired) electrons. The van der Waals surface area contributed by atoms with E-state index in [-0.39, 0.29) is 0 Å². The molecule has 1 aromatic rings. The normalized spacial score (nSPS) is 24.0. The van der Waals surface area contributed by atoms with E-state index in [1.54, 1.807) is 6.07 Å². The molecule has 3 rings (SSSR count). The van der Waals surface area contributed by atoms with Gasteiger partial charge in [-0.25, -0.2) is 0 Å². The number of phenols is 1. The number of likely N-dealkylation sites (tertiary alicyclic amines) is 1. The molecule has 2 aliphatic rings. The first-order valence-corrected chi connectivity index (χ1v) is 11.3. The van der Waals surface area contributed by atoms with Gasteiger partial charge in [0.2, 0.25) is 0 Å². The third kappa shape index (κ3) is 6.26. The van der Waals surface area contributed by atoms with Gasteiger partial charge >= 0.3 is 0 Å². The molecule has 6 nitrogen and oxygen atoms in total. The Kier molecular flexibility index (Phi) is 8.04. The molecule has 0 amide bonds. The Morgan fingerprint density at radius 3 is 2.41 bits per heavy atom. The lowest BCUT2D eigenvalue weighted by Crippen LogP contribution is -2.52. The summed E-state index contributed by atoms with van der Waals surface area (Å²) in [6.45, 7) is 13.1. The zero-order valence-corrected chi connectivity index (χ0v) is 18.5. The molecule has 2 N–H and O–H groups in total. The lowest BCUT2D eigenvalue weighted by atomic mass is 9.92. The maximum Gasteiger partial charge on any atom is 0.193 e. The van der Waals surface area contributed by atoms with Crippen LogP contribution >= 0.6 is 0 Å². The number of para-hydroxylation sites is 2. The Labute approximate surface area is 176 Å². The van der Waals surface area contributed by atoms with Crippen molar-refractivity contribution in [3.05, 3.63) is 24.3 Å². The first kappa shape index (κ1) is 21.8. The summed E-state index contributed by atoms with van der Waals surface area (Å²) in [6.07, 6.45) is 3.80. The molecule has 6 heteroatoms. The number of hydrogen-bond acceptors (Lipinski definition) is 4. The number of aromatic hydroxyl groups is 1. The standard InChI is InChI=1S/C23H39N5O/c1-19-16-20(2)18-26(17-19)11-7-6-10-25-23(24-3)28-14-12-27(13-15-28)21-8-4-5-9-22(21)29/h4-5,8-9,19-20,29H,6-7,10-18H2,1-3H3,(H,24,25). The highest BCUT2D eigenvalue weighted by atomic mass is 16.3. The molecule has 2 atom stereocenters. The van der Waals surface area contributed by atoms with Gasteiger partial charge in [-0.1, -0.05) is 26.0 Å². The number of guanidine groups is 1. The summed E-state index contributed by atoms with van der Waals surface area (Å²) >= 11 is 0. The number of phenolic OH excluding ortho intramolecular Hbond substituents is 1. The molecule has 0 aromatic heterocycles. The number of piperazine rings is 1. The molecular weight excluding hydrogens is 362 g/mol. The number of piperidine rings is 1. The summed E-state index contributed by atoms with van der Waals surface area (Å²) in [5.41, 5.74) is 0.927. The van der Waals surface area contributed by atoms with Crippen molar-refractivity contribution in [2.24, 2.45) is 16.8 Å². The Balaban J connectivity index is 1.35. The minimum Gasteiger partial charge on any atom is -0.506 e. The van der Waals surface area contributed by atoms with Crippen LogP contribution in [0.2, 0.25) is 0 Å². The molecule has 0 aliphatic carbocycles. The highest BCUT2D eigenvalue weighted by Crippen LogP contribution is 2.27. The summed E-state index contributed by atoms with van der Waals surface area (Å²) in [6, 6.07) is 7.59. The summed E-state index contributed by atoms with van der Waals surface area (Å²) in [5, 5.41) is 13.6. The Morgan fingerprint density at radius 2 is 1.76 bits per heavy atom. The molecule has 0 spiro atoms. The van der Waals surface area contributed by atoms with E-state index in [1.807, 2.05) is 25.2 Å². The van der Waals surface area contributed by atoms with Gasteiger partial charge in [0, 0.05) is 52.9 Å². The molecule has 1 aromatic carbocycles. The maximum atomic E-state index is 10.1. The fraction of sp³-hybridized carbons (Fsp3) is 0.696. The predicted octanol–water partition coefficient (Wildman–Crippen LogP) is 2.85. The number of nitrogens with one attached hydrogen (secondary N) is 1. The summed E-state index contributed by atoms with van der Waals surface area (Å²) < 4.78 is 0. The van der Waals surface area contributed by atoms with Gasteiger partial charge in [0.05, 0.1) is 5.69 Å². The SMILES string of the molecule is CN=C(NCCCCN1CC(C)CC(C)C1)N1CCN(c2ccccc2O)CC1. The van der Waals surface area contributed by atoms with Crippen LogP contribution in [0.25, 0.3) is 0 Å². The van der Waals surface area contributed by atoms with Crippen LogP contribution in [0.1, 0.15) is 33.1 Å². The lowest BCUT2D eigenvalue weighted by molar-refractivity contribution is 0.139. The van der Waals surface area contributed by atoms with Crippen LogP contribution in [0.15, 0.2) is 29.3 Å². The van der Waals surface area contributed by atoms with Gasteiger partial charge in [0.15, 0.2) is 5.96 Å². The predicted molar refractivity (Wildman–Crippen MR) is 122 cm³/mol. The third-order valence-electron chi connectivity index (χ3n) is 6.14. The van der Waals surface area contributed by atoms with Crippen LogP contribution < -0.4 is 10.2 Å². The van der Waals surface area contributed by atoms with E-state index in [2.05, 4.69) is 38.9 Å². The highest BCUT2D eigenvalue weighted by molar-refractivity contribution is 5.80. The van der Waals surface area contributed by atoms with Gasteiger partial charge in [-0.05, 0) is 49.8 Å². The smallest absolute Gasteiger partial charge is 0.193 e. The van der Waals surface area contributed by atoms with Gasteiger partial charge in [-0.15, -0.1) is 0 Å². The number of benzene rings is 1. The van der Waals surface area contributed by atoms with Crippen LogP contribution in [0.5, 0.6) is 5.75 Å². The van der Waals surface area contributed by atoms with Crippen molar-refractivity contribution in [3.63, 3.8) is 0 Å². The first-order valence-electron chi connectivity index (χ1n) is 11.3. The Bertz CT molecular complexity index is 646. The van der Waals surface area contributed by atoms with E-state index in [9.17, 15) is 5.11 Å². The van der Waals surface area contributed by atoms with Crippen LogP contribution in [0, 0.1) is 11.8 Å². The number of anilines is 1. The minimum absolute atomic E-state index is 0.362. The number of nitrogens with zero attached hydrogens (tertiary/aromatic N) is 4. The first-order chi connectivity index (χ1) is 14.1. The maximum absolute atomic E-state index is 10.1. The van der Waals surface area contributed by atoms with Crippen molar-refractivity contribution in [1.82, 2.24) is 15.1 Å². The molecule has 29 heavy (non-hydrogen) atoms. The largest absolute Gasteiger partial charge is 0.506 e. The fourth-order valence-corrected chi connectivity index (χ4v) is 4.86. The molecule has 2 fully saturated rings. The van der Waals surface area contributed by atoms with Gasteiger partial charge in [-0.3, -0.25) is 4.99 Å². The third-order valence-corrected chi connectivity index (χ3v) is 6.14. The number of aliphatic imine (C=N–C) groups is 1. The van der Waals surface area contributed by atoms with Gasteiger partial charge < -0.3 is 25.1 Å². The molecule has 2 aliphatic heterocycles. The van der Waals surface area contributed by atoms with Gasteiger partial charge in [0.25, 0.3) is 0 Å². The van der Waals surface area contributed by atoms with Crippen molar-refractivity contribution < 1.29 is 5.11 Å². The Morgan fingerprint density at radius 1 is 1.07 bits per heavy atom. The van der Waals surface area contributed by atoms with E-state index in [1.165, 1.54) is 38.9 Å². The second-order valence-corrected chi connectivity index (χ2v) is 8.85. The zero-order valence-electron chi connectivity index (χ0n) is 18.5. The van der Waals surface area contributed by atoms with Crippen LogP contribution in [0.3, 0.4) is 0 Å². The molecule has 2 heterocycles. The van der Waals surface area contributed by atoms with Gasteiger partial charge in [0.1, 0.15) is 5.75 Å². The Hall–Kier alpha value is -1.95. The fourth-order valence-electron chi connectivity index (χ4n) is 4.86. The molecule has 0 saturated carbocycles. The second-order valence-electron chi connectivity index (χ2n) is 8.85. The second kappa shape index (κ2) is 10.7. The van der Waals surface area contributed by atoms with E-state index in [4.69, 9.17) is 0 Å². The summed E-state index contributed by atoms with van der Waals surface area (Å²) in [7, 11) is 1.87. The highest BCUT2D eigenvalue weighted by Gasteiger charge is 2.22.